The minimum atomic E-state index is 0.572. The second kappa shape index (κ2) is 10.3. The lowest BCUT2D eigenvalue weighted by Gasteiger charge is -2.08. The smallest absolute Gasteiger partial charge is 0.167 e. The third-order valence-corrected chi connectivity index (χ3v) is 9.98. The normalized spacial score (nSPS) is 12.0. The molecule has 4 heterocycles. The second-order valence-corrected chi connectivity index (χ2v) is 12.8. The van der Waals surface area contributed by atoms with Crippen LogP contribution in [0.1, 0.15) is 0 Å². The summed E-state index contributed by atoms with van der Waals surface area (Å²) in [5.41, 5.74) is 10.2. The maximum absolute atomic E-state index is 6.95. The molecule has 0 saturated heterocycles. The molecule has 0 aliphatic carbocycles. The molecule has 0 spiro atoms. The molecule has 7 aromatic carbocycles. The molecule has 0 atom stereocenters. The molecule has 0 bridgehead atoms. The maximum atomic E-state index is 6.95. The van der Waals surface area contributed by atoms with Crippen molar-refractivity contribution in [1.29, 1.82) is 0 Å². The van der Waals surface area contributed by atoms with E-state index in [4.69, 9.17) is 19.4 Å². The van der Waals surface area contributed by atoms with Crippen LogP contribution in [-0.2, 0) is 0 Å². The topological polar surface area (TPSA) is 56.2 Å². The number of hydrogen-bond donors (Lipinski definition) is 0. The van der Waals surface area contributed by atoms with Gasteiger partial charge in [0, 0.05) is 49.0 Å². The van der Waals surface area contributed by atoms with Gasteiger partial charge in [-0.25, -0.2) is 15.0 Å². The van der Waals surface area contributed by atoms with Gasteiger partial charge in [-0.05, 0) is 35.9 Å². The third kappa shape index (κ3) is 3.86. The number of furan rings is 1. The fourth-order valence-corrected chi connectivity index (χ4v) is 7.76. The monoisotopic (exact) mass is 638 g/mol. The molecule has 5 nitrogen and oxygen atoms in total. The van der Waals surface area contributed by atoms with E-state index in [1.165, 1.54) is 38.1 Å². The lowest BCUT2D eigenvalue weighted by molar-refractivity contribution is 0.670. The predicted molar refractivity (Wildman–Crippen MR) is 204 cm³/mol. The van der Waals surface area contributed by atoms with E-state index in [1.807, 2.05) is 66.7 Å². The van der Waals surface area contributed by atoms with Gasteiger partial charge in [0.15, 0.2) is 17.5 Å². The molecular weight excluding hydrogens is 613 g/mol. The second-order valence-electron chi connectivity index (χ2n) is 12.8. The number of fused-ring (bicyclic) bond motifs is 9. The van der Waals surface area contributed by atoms with Gasteiger partial charge in [-0.3, -0.25) is 0 Å². The molecule has 50 heavy (non-hydrogen) atoms. The van der Waals surface area contributed by atoms with Gasteiger partial charge in [0.05, 0.1) is 22.1 Å². The standard InChI is InChI=1S/C45H26N4O/c1-3-13-27(14-4-1)43-46-44(28-15-5-2-6-16-28)48-45(47-43)35-22-12-21-34-33-20-11-19-30(41(33)50-42(34)35)29-25-36-31-17-7-9-23-38(31)49-39-24-10-8-18-32(39)37(26-29)40(36)49/h1-26H. The van der Waals surface area contributed by atoms with E-state index in [2.05, 4.69) is 95.4 Å². The van der Waals surface area contributed by atoms with E-state index in [-0.39, 0.29) is 0 Å². The first kappa shape index (κ1) is 27.1. The fraction of sp³-hybridized carbons (Fsp3) is 0. The van der Waals surface area contributed by atoms with E-state index in [0.29, 0.717) is 17.5 Å². The Bertz CT molecular complexity index is 2950. The molecule has 0 amide bonds. The zero-order chi connectivity index (χ0) is 32.8. The number of nitrogens with zero attached hydrogens (tertiary/aromatic N) is 4. The van der Waals surface area contributed by atoms with E-state index in [0.717, 1.165) is 49.8 Å². The SMILES string of the molecule is c1ccc(-c2nc(-c3ccccc3)nc(-c3cccc4c3oc3c(-c5cc6c7ccccc7n7c8ccccc8c(c5)c67)cccc34)n2)cc1. The van der Waals surface area contributed by atoms with Crippen LogP contribution in [-0.4, -0.2) is 19.4 Å². The van der Waals surface area contributed by atoms with Crippen LogP contribution in [0.4, 0.5) is 0 Å². The van der Waals surface area contributed by atoms with E-state index < -0.39 is 0 Å². The van der Waals surface area contributed by atoms with Gasteiger partial charge in [-0.15, -0.1) is 0 Å². The Kier molecular flexibility index (Phi) is 5.60. The van der Waals surface area contributed by atoms with Crippen LogP contribution in [0, 0.1) is 0 Å². The molecule has 4 aromatic heterocycles. The quantitative estimate of drug-likeness (QED) is 0.192. The molecule has 0 fully saturated rings. The Morgan fingerprint density at radius 2 is 0.820 bits per heavy atom. The van der Waals surface area contributed by atoms with Gasteiger partial charge < -0.3 is 8.82 Å². The molecule has 0 aliphatic heterocycles. The van der Waals surface area contributed by atoms with Crippen LogP contribution < -0.4 is 0 Å². The molecule has 0 aliphatic rings. The summed E-state index contributed by atoms with van der Waals surface area (Å²) < 4.78 is 9.36. The Morgan fingerprint density at radius 3 is 1.40 bits per heavy atom. The summed E-state index contributed by atoms with van der Waals surface area (Å²) in [6, 6.07) is 54.8. The van der Waals surface area contributed by atoms with Crippen LogP contribution in [0.5, 0.6) is 0 Å². The number of hydrogen-bond acceptors (Lipinski definition) is 4. The molecule has 0 unspecified atom stereocenters. The van der Waals surface area contributed by atoms with Crippen molar-refractivity contribution in [3.05, 3.63) is 158 Å². The average molecular weight is 639 g/mol. The van der Waals surface area contributed by atoms with Gasteiger partial charge >= 0.3 is 0 Å². The van der Waals surface area contributed by atoms with Gasteiger partial charge in [0.2, 0.25) is 0 Å². The minimum Gasteiger partial charge on any atom is -0.455 e. The largest absolute Gasteiger partial charge is 0.455 e. The van der Waals surface area contributed by atoms with Gasteiger partial charge in [0.25, 0.3) is 0 Å². The van der Waals surface area contributed by atoms with Crippen molar-refractivity contribution in [2.45, 2.75) is 0 Å². The summed E-state index contributed by atoms with van der Waals surface area (Å²) in [5, 5.41) is 7.06. The third-order valence-electron chi connectivity index (χ3n) is 9.98. The van der Waals surface area contributed by atoms with Crippen molar-refractivity contribution < 1.29 is 4.42 Å². The first-order valence-electron chi connectivity index (χ1n) is 16.8. The van der Waals surface area contributed by atoms with E-state index in [9.17, 15) is 0 Å². The van der Waals surface area contributed by atoms with Crippen LogP contribution in [0.3, 0.4) is 0 Å². The highest BCUT2D eigenvalue weighted by molar-refractivity contribution is 6.25. The lowest BCUT2D eigenvalue weighted by Crippen LogP contribution is -2.00. The fourth-order valence-electron chi connectivity index (χ4n) is 7.76. The molecule has 5 heteroatoms. The molecule has 11 aromatic rings. The van der Waals surface area contributed by atoms with Crippen LogP contribution >= 0.6 is 0 Å². The Labute approximate surface area is 286 Å². The summed E-state index contributed by atoms with van der Waals surface area (Å²) in [6.45, 7) is 0. The van der Waals surface area contributed by atoms with E-state index >= 15 is 0 Å². The van der Waals surface area contributed by atoms with Crippen LogP contribution in [0.2, 0.25) is 0 Å². The number of rotatable bonds is 4. The number of benzene rings is 7. The maximum Gasteiger partial charge on any atom is 0.167 e. The molecular formula is C45H26N4O. The van der Waals surface area contributed by atoms with Crippen LogP contribution in [0.15, 0.2) is 162 Å². The van der Waals surface area contributed by atoms with Crippen molar-refractivity contribution in [2.75, 3.05) is 0 Å². The molecule has 0 saturated carbocycles. The summed E-state index contributed by atoms with van der Waals surface area (Å²) in [5.74, 6) is 1.81. The van der Waals surface area contributed by atoms with Crippen molar-refractivity contribution in [3.8, 4) is 45.3 Å². The number of aromatic nitrogens is 4. The van der Waals surface area contributed by atoms with Crippen molar-refractivity contribution >= 4 is 60.0 Å². The lowest BCUT2D eigenvalue weighted by atomic mass is 9.97. The zero-order valence-corrected chi connectivity index (χ0v) is 26.7. The van der Waals surface area contributed by atoms with E-state index in [1.54, 1.807) is 0 Å². The Hall–Kier alpha value is -6.85. The average Bonchev–Trinajstić information content (AvgIpc) is 3.85. The van der Waals surface area contributed by atoms with Crippen molar-refractivity contribution in [1.82, 2.24) is 19.4 Å². The highest BCUT2D eigenvalue weighted by atomic mass is 16.3. The van der Waals surface area contributed by atoms with Crippen LogP contribution in [0.25, 0.3) is 105 Å². The summed E-state index contributed by atoms with van der Waals surface area (Å²) in [6.07, 6.45) is 0. The molecule has 232 valence electrons. The minimum absolute atomic E-state index is 0.572. The summed E-state index contributed by atoms with van der Waals surface area (Å²) in [4.78, 5) is 14.9. The molecule has 0 N–H and O–H groups in total. The Morgan fingerprint density at radius 1 is 0.360 bits per heavy atom. The number of para-hydroxylation sites is 4. The highest BCUT2D eigenvalue weighted by Gasteiger charge is 2.22. The molecule has 11 rings (SSSR count). The summed E-state index contributed by atoms with van der Waals surface area (Å²) in [7, 11) is 0. The van der Waals surface area contributed by atoms with Gasteiger partial charge in [-0.1, -0.05) is 127 Å². The predicted octanol–water partition coefficient (Wildman–Crippen LogP) is 11.6. The first-order chi connectivity index (χ1) is 24.8. The van der Waals surface area contributed by atoms with Crippen molar-refractivity contribution in [2.24, 2.45) is 0 Å². The summed E-state index contributed by atoms with van der Waals surface area (Å²) >= 11 is 0. The molecule has 0 radical (unpaired) electrons. The van der Waals surface area contributed by atoms with Crippen molar-refractivity contribution in [3.63, 3.8) is 0 Å². The highest BCUT2D eigenvalue weighted by Crippen LogP contribution is 2.44. The van der Waals surface area contributed by atoms with Gasteiger partial charge in [0.1, 0.15) is 11.2 Å². The van der Waals surface area contributed by atoms with Gasteiger partial charge in [-0.2, -0.15) is 0 Å². The zero-order valence-electron chi connectivity index (χ0n) is 26.7. The first-order valence-corrected chi connectivity index (χ1v) is 16.8. The Balaban J connectivity index is 1.16.